The topological polar surface area (TPSA) is 62.5 Å². The maximum Gasteiger partial charge on any atom is 0.372 e. The highest BCUT2D eigenvalue weighted by molar-refractivity contribution is 6.30. The lowest BCUT2D eigenvalue weighted by atomic mass is 10.2. The fourth-order valence-electron chi connectivity index (χ4n) is 1.65. The number of halogens is 2. The number of benzene rings is 1. The van der Waals surface area contributed by atoms with E-state index in [4.69, 9.17) is 21.1 Å². The fraction of sp³-hybridized carbons (Fsp3) is 0.154. The first-order valence-corrected chi connectivity index (χ1v) is 5.90. The molecule has 1 aromatic heterocycles. The first-order valence-electron chi connectivity index (χ1n) is 5.52. The van der Waals surface area contributed by atoms with Gasteiger partial charge in [-0.3, -0.25) is 0 Å². The highest BCUT2D eigenvalue weighted by Gasteiger charge is 2.13. The Kier molecular flexibility index (Phi) is 4.19. The molecular formula is C13H11ClFNO3. The van der Waals surface area contributed by atoms with Crippen molar-refractivity contribution in [3.05, 3.63) is 58.3 Å². The van der Waals surface area contributed by atoms with Gasteiger partial charge in [0.25, 0.3) is 0 Å². The van der Waals surface area contributed by atoms with Crippen molar-refractivity contribution in [2.24, 2.45) is 0 Å². The number of nitrogens with one attached hydrogen (secondary N) is 1. The van der Waals surface area contributed by atoms with Crippen LogP contribution in [0.4, 0.5) is 4.39 Å². The number of rotatable bonds is 5. The third kappa shape index (κ3) is 3.33. The summed E-state index contributed by atoms with van der Waals surface area (Å²) in [6.45, 7) is 0.789. The van der Waals surface area contributed by atoms with Gasteiger partial charge in [0.05, 0.1) is 11.3 Å². The molecule has 1 aromatic carbocycles. The summed E-state index contributed by atoms with van der Waals surface area (Å²) < 4.78 is 17.8. The maximum absolute atomic E-state index is 13.0. The first-order chi connectivity index (χ1) is 9.08. The minimum absolute atomic E-state index is 0.0637. The monoisotopic (exact) mass is 283 g/mol. The van der Waals surface area contributed by atoms with Crippen LogP contribution in [-0.4, -0.2) is 11.1 Å². The molecule has 0 aliphatic rings. The third-order valence-corrected chi connectivity index (χ3v) is 2.86. The minimum Gasteiger partial charge on any atom is -0.475 e. The largest absolute Gasteiger partial charge is 0.475 e. The zero-order chi connectivity index (χ0) is 13.8. The number of furan rings is 1. The van der Waals surface area contributed by atoms with Crippen molar-refractivity contribution >= 4 is 17.6 Å². The molecule has 2 N–H and O–H groups in total. The van der Waals surface area contributed by atoms with Gasteiger partial charge in [0.15, 0.2) is 0 Å². The predicted octanol–water partition coefficient (Wildman–Crippen LogP) is 3.06. The molecule has 0 aliphatic heterocycles. The molecule has 2 rings (SSSR count). The molecule has 4 nitrogen and oxygen atoms in total. The number of hydrogen-bond acceptors (Lipinski definition) is 3. The molecule has 2 aromatic rings. The van der Waals surface area contributed by atoms with Crippen LogP contribution in [0.3, 0.4) is 0 Å². The number of carbonyl (C=O) groups is 1. The molecule has 0 atom stereocenters. The van der Waals surface area contributed by atoms with Crippen LogP contribution in [0.1, 0.15) is 21.7 Å². The second-order valence-electron chi connectivity index (χ2n) is 3.93. The van der Waals surface area contributed by atoms with Gasteiger partial charge in [0.1, 0.15) is 5.82 Å². The molecule has 1 heterocycles. The Morgan fingerprint density at radius 3 is 2.84 bits per heavy atom. The summed E-state index contributed by atoms with van der Waals surface area (Å²) in [5, 5.41) is 12.0. The highest BCUT2D eigenvalue weighted by Crippen LogP contribution is 2.16. The summed E-state index contributed by atoms with van der Waals surface area (Å²) in [6.07, 6.45) is 1.33. The van der Waals surface area contributed by atoms with E-state index in [1.165, 1.54) is 18.4 Å². The van der Waals surface area contributed by atoms with E-state index < -0.39 is 11.8 Å². The quantitative estimate of drug-likeness (QED) is 0.885. The molecule has 100 valence electrons. The fourth-order valence-corrected chi connectivity index (χ4v) is 1.86. The zero-order valence-electron chi connectivity index (χ0n) is 9.82. The van der Waals surface area contributed by atoms with E-state index in [9.17, 15) is 9.18 Å². The molecule has 0 aliphatic carbocycles. The van der Waals surface area contributed by atoms with Gasteiger partial charge in [-0.25, -0.2) is 9.18 Å². The molecule has 0 radical (unpaired) electrons. The van der Waals surface area contributed by atoms with Gasteiger partial charge in [0, 0.05) is 18.7 Å². The summed E-state index contributed by atoms with van der Waals surface area (Å²) in [6, 6.07) is 6.02. The minimum atomic E-state index is -1.10. The lowest BCUT2D eigenvalue weighted by Gasteiger charge is -2.05. The molecule has 0 fully saturated rings. The second-order valence-corrected chi connectivity index (χ2v) is 4.34. The molecule has 0 saturated carbocycles. The van der Waals surface area contributed by atoms with Crippen LogP contribution in [0, 0.1) is 5.82 Å². The van der Waals surface area contributed by atoms with E-state index in [-0.39, 0.29) is 10.8 Å². The van der Waals surface area contributed by atoms with Crippen molar-refractivity contribution in [1.29, 1.82) is 0 Å². The van der Waals surface area contributed by atoms with Crippen LogP contribution in [0.2, 0.25) is 5.02 Å². The summed E-state index contributed by atoms with van der Waals surface area (Å²) in [5.74, 6) is -1.65. The lowest BCUT2D eigenvalue weighted by molar-refractivity contribution is 0.0660. The highest BCUT2D eigenvalue weighted by atomic mass is 35.5. The van der Waals surface area contributed by atoms with Gasteiger partial charge in [-0.05, 0) is 23.8 Å². The van der Waals surface area contributed by atoms with Crippen LogP contribution in [0.25, 0.3) is 0 Å². The van der Waals surface area contributed by atoms with Crippen LogP contribution in [0.15, 0.2) is 34.9 Å². The SMILES string of the molecule is O=C(O)c1occc1CNCc1ccc(F)c(Cl)c1. The Morgan fingerprint density at radius 1 is 1.37 bits per heavy atom. The van der Waals surface area contributed by atoms with E-state index in [0.29, 0.717) is 18.7 Å². The van der Waals surface area contributed by atoms with Crippen LogP contribution in [-0.2, 0) is 13.1 Å². The normalized spacial score (nSPS) is 10.6. The predicted molar refractivity (Wildman–Crippen MR) is 67.6 cm³/mol. The number of carboxylic acid groups (broad SMARTS) is 1. The summed E-state index contributed by atoms with van der Waals surface area (Å²) in [7, 11) is 0. The average molecular weight is 284 g/mol. The standard InChI is InChI=1S/C13H11ClFNO3/c14-10-5-8(1-2-11(10)15)6-16-7-9-3-4-19-12(9)13(17)18/h1-5,16H,6-7H2,(H,17,18). The number of carboxylic acids is 1. The Balaban J connectivity index is 1.94. The lowest BCUT2D eigenvalue weighted by Crippen LogP contribution is -2.14. The molecule has 0 unspecified atom stereocenters. The van der Waals surface area contributed by atoms with E-state index in [0.717, 1.165) is 5.56 Å². The van der Waals surface area contributed by atoms with Gasteiger partial charge >= 0.3 is 5.97 Å². The van der Waals surface area contributed by atoms with Crippen molar-refractivity contribution in [3.8, 4) is 0 Å². The molecule has 6 heteroatoms. The van der Waals surface area contributed by atoms with Crippen LogP contribution >= 0.6 is 11.6 Å². The number of aromatic carboxylic acids is 1. The zero-order valence-corrected chi connectivity index (χ0v) is 10.6. The van der Waals surface area contributed by atoms with Crippen LogP contribution < -0.4 is 5.32 Å². The van der Waals surface area contributed by atoms with E-state index in [1.807, 2.05) is 0 Å². The smallest absolute Gasteiger partial charge is 0.372 e. The van der Waals surface area contributed by atoms with E-state index in [2.05, 4.69) is 5.32 Å². The molecular weight excluding hydrogens is 273 g/mol. The van der Waals surface area contributed by atoms with Crippen molar-refractivity contribution in [2.75, 3.05) is 0 Å². The summed E-state index contributed by atoms with van der Waals surface area (Å²) >= 11 is 5.66. The number of hydrogen-bond donors (Lipinski definition) is 2. The van der Waals surface area contributed by atoms with Gasteiger partial charge in [0.2, 0.25) is 5.76 Å². The Labute approximate surface area is 113 Å². The Morgan fingerprint density at radius 2 is 2.16 bits per heavy atom. The van der Waals surface area contributed by atoms with E-state index in [1.54, 1.807) is 12.1 Å². The van der Waals surface area contributed by atoms with Gasteiger partial charge in [-0.2, -0.15) is 0 Å². The Bertz CT molecular complexity index is 597. The van der Waals surface area contributed by atoms with Gasteiger partial charge in [-0.15, -0.1) is 0 Å². The van der Waals surface area contributed by atoms with Crippen molar-refractivity contribution < 1.29 is 18.7 Å². The van der Waals surface area contributed by atoms with Crippen molar-refractivity contribution in [3.63, 3.8) is 0 Å². The Hall–Kier alpha value is -1.85. The molecule has 19 heavy (non-hydrogen) atoms. The average Bonchev–Trinajstić information content (AvgIpc) is 2.82. The summed E-state index contributed by atoms with van der Waals surface area (Å²) in [4.78, 5) is 10.8. The van der Waals surface area contributed by atoms with E-state index >= 15 is 0 Å². The van der Waals surface area contributed by atoms with Crippen LogP contribution in [0.5, 0.6) is 0 Å². The third-order valence-electron chi connectivity index (χ3n) is 2.57. The summed E-state index contributed by atoms with van der Waals surface area (Å²) in [5.41, 5.74) is 1.37. The second kappa shape index (κ2) is 5.86. The first kappa shape index (κ1) is 13.6. The van der Waals surface area contributed by atoms with Crippen molar-refractivity contribution in [1.82, 2.24) is 5.32 Å². The molecule has 0 amide bonds. The molecule has 0 saturated heterocycles. The van der Waals surface area contributed by atoms with Gasteiger partial charge in [-0.1, -0.05) is 17.7 Å². The molecule has 0 spiro atoms. The van der Waals surface area contributed by atoms with Gasteiger partial charge < -0.3 is 14.8 Å². The van der Waals surface area contributed by atoms with Crippen molar-refractivity contribution in [2.45, 2.75) is 13.1 Å². The maximum atomic E-state index is 13.0. The molecule has 0 bridgehead atoms.